The van der Waals surface area contributed by atoms with Crippen molar-refractivity contribution in [2.45, 2.75) is 33.1 Å². The van der Waals surface area contributed by atoms with Crippen LogP contribution in [0.25, 0.3) is 0 Å². The molecule has 0 saturated carbocycles. The van der Waals surface area contributed by atoms with Crippen LogP contribution in [0.4, 0.5) is 11.6 Å². The van der Waals surface area contributed by atoms with Gasteiger partial charge in [-0.2, -0.15) is 0 Å². The number of carbonyl (C=O) groups is 1. The molecule has 3 aromatic rings. The van der Waals surface area contributed by atoms with Crippen LogP contribution in [-0.2, 0) is 0 Å². The van der Waals surface area contributed by atoms with Crippen molar-refractivity contribution in [2.75, 3.05) is 17.2 Å². The van der Waals surface area contributed by atoms with Crippen LogP contribution in [0.1, 0.15) is 42.4 Å². The van der Waals surface area contributed by atoms with E-state index in [0.717, 1.165) is 37.3 Å². The van der Waals surface area contributed by atoms with Gasteiger partial charge < -0.3 is 15.4 Å². The van der Waals surface area contributed by atoms with Gasteiger partial charge in [-0.25, -0.2) is 9.97 Å². The highest BCUT2D eigenvalue weighted by molar-refractivity contribution is 6.03. The van der Waals surface area contributed by atoms with E-state index in [-0.39, 0.29) is 5.91 Å². The van der Waals surface area contributed by atoms with Gasteiger partial charge in [0, 0.05) is 17.9 Å². The van der Waals surface area contributed by atoms with Crippen molar-refractivity contribution in [1.29, 1.82) is 0 Å². The highest BCUT2D eigenvalue weighted by Gasteiger charge is 2.11. The number of ether oxygens (including phenoxy) is 1. The minimum Gasteiger partial charge on any atom is -0.457 e. The molecule has 2 aromatic carbocycles. The fourth-order valence-electron chi connectivity index (χ4n) is 2.77. The van der Waals surface area contributed by atoms with E-state index >= 15 is 0 Å². The smallest absolute Gasteiger partial charge is 0.274 e. The van der Waals surface area contributed by atoms with Gasteiger partial charge >= 0.3 is 0 Å². The predicted octanol–water partition coefficient (Wildman–Crippen LogP) is 5.43. The van der Waals surface area contributed by atoms with Gasteiger partial charge in [0.2, 0.25) is 5.95 Å². The maximum Gasteiger partial charge on any atom is 0.274 e. The number of rotatable bonds is 9. The second kappa shape index (κ2) is 10.2. The molecule has 6 heteroatoms. The predicted molar refractivity (Wildman–Crippen MR) is 116 cm³/mol. The molecule has 1 amide bonds. The van der Waals surface area contributed by atoms with Crippen molar-refractivity contribution < 1.29 is 9.53 Å². The molecule has 1 aromatic heterocycles. The van der Waals surface area contributed by atoms with Crippen LogP contribution < -0.4 is 15.4 Å². The number of amides is 1. The third-order valence-corrected chi connectivity index (χ3v) is 4.24. The van der Waals surface area contributed by atoms with E-state index in [1.54, 1.807) is 18.2 Å². The van der Waals surface area contributed by atoms with Gasteiger partial charge in [0.05, 0.1) is 0 Å². The highest BCUT2D eigenvalue weighted by atomic mass is 16.5. The van der Waals surface area contributed by atoms with Crippen molar-refractivity contribution >= 4 is 17.5 Å². The zero-order valence-corrected chi connectivity index (χ0v) is 16.8. The molecule has 0 fully saturated rings. The van der Waals surface area contributed by atoms with E-state index in [2.05, 4.69) is 27.5 Å². The van der Waals surface area contributed by atoms with Crippen LogP contribution in [0.3, 0.4) is 0 Å². The number of hydrogen-bond acceptors (Lipinski definition) is 5. The molecule has 0 spiro atoms. The summed E-state index contributed by atoms with van der Waals surface area (Å²) in [6.07, 6.45) is 3.35. The van der Waals surface area contributed by atoms with Gasteiger partial charge in [-0.15, -0.1) is 0 Å². The van der Waals surface area contributed by atoms with Gasteiger partial charge in [-0.05, 0) is 55.8 Å². The van der Waals surface area contributed by atoms with Gasteiger partial charge in [0.15, 0.2) is 0 Å². The van der Waals surface area contributed by atoms with Gasteiger partial charge in [-0.3, -0.25) is 4.79 Å². The number of hydrogen-bond donors (Lipinski definition) is 2. The van der Waals surface area contributed by atoms with E-state index in [1.165, 1.54) is 0 Å². The lowest BCUT2D eigenvalue weighted by molar-refractivity contribution is 0.102. The minimum absolute atomic E-state index is 0.274. The molecule has 2 N–H and O–H groups in total. The largest absolute Gasteiger partial charge is 0.457 e. The molecule has 29 heavy (non-hydrogen) atoms. The Morgan fingerprint density at radius 1 is 0.966 bits per heavy atom. The quantitative estimate of drug-likeness (QED) is 0.476. The maximum atomic E-state index is 12.6. The van der Waals surface area contributed by atoms with E-state index in [9.17, 15) is 4.79 Å². The molecule has 0 unspecified atom stereocenters. The summed E-state index contributed by atoms with van der Waals surface area (Å²) in [5, 5.41) is 6.06. The van der Waals surface area contributed by atoms with Crippen LogP contribution in [0.5, 0.6) is 11.5 Å². The first-order valence-corrected chi connectivity index (χ1v) is 9.88. The lowest BCUT2D eigenvalue weighted by Gasteiger charge is -2.10. The molecular formula is C23H26N4O2. The topological polar surface area (TPSA) is 76.1 Å². The van der Waals surface area contributed by atoms with Crippen LogP contribution in [0, 0.1) is 6.92 Å². The van der Waals surface area contributed by atoms with Crippen molar-refractivity contribution in [3.63, 3.8) is 0 Å². The average Bonchev–Trinajstić information content (AvgIpc) is 2.73. The summed E-state index contributed by atoms with van der Waals surface area (Å²) in [4.78, 5) is 21.3. The number of anilines is 2. The first-order chi connectivity index (χ1) is 14.1. The second-order valence-electron chi connectivity index (χ2n) is 6.75. The summed E-state index contributed by atoms with van der Waals surface area (Å²) in [7, 11) is 0. The van der Waals surface area contributed by atoms with Gasteiger partial charge in [-0.1, -0.05) is 38.0 Å². The molecular weight excluding hydrogens is 364 g/mol. The molecule has 1 heterocycles. The van der Waals surface area contributed by atoms with Crippen molar-refractivity contribution in [2.24, 2.45) is 0 Å². The lowest BCUT2D eigenvalue weighted by atomic mass is 10.2. The zero-order valence-electron chi connectivity index (χ0n) is 16.8. The Hall–Kier alpha value is -3.41. The normalized spacial score (nSPS) is 10.4. The third-order valence-electron chi connectivity index (χ3n) is 4.24. The summed E-state index contributed by atoms with van der Waals surface area (Å²) >= 11 is 0. The Kier molecular flexibility index (Phi) is 7.16. The average molecular weight is 390 g/mol. The van der Waals surface area contributed by atoms with Gasteiger partial charge in [0.1, 0.15) is 17.2 Å². The van der Waals surface area contributed by atoms with E-state index in [1.807, 2.05) is 49.4 Å². The third kappa shape index (κ3) is 6.31. The lowest BCUT2D eigenvalue weighted by Crippen LogP contribution is -2.16. The molecule has 6 nitrogen and oxygen atoms in total. The number of aromatic nitrogens is 2. The molecule has 3 rings (SSSR count). The van der Waals surface area contributed by atoms with E-state index < -0.39 is 0 Å². The van der Waals surface area contributed by atoms with Crippen molar-refractivity contribution in [1.82, 2.24) is 9.97 Å². The summed E-state index contributed by atoms with van der Waals surface area (Å²) in [6.45, 7) is 4.80. The summed E-state index contributed by atoms with van der Waals surface area (Å²) in [6, 6.07) is 18.5. The minimum atomic E-state index is -0.274. The zero-order chi connectivity index (χ0) is 20.5. The number of para-hydroxylation sites is 1. The number of unbranched alkanes of at least 4 members (excludes halogenated alkanes) is 2. The molecule has 0 saturated heterocycles. The van der Waals surface area contributed by atoms with Crippen LogP contribution in [0.2, 0.25) is 0 Å². The van der Waals surface area contributed by atoms with E-state index in [0.29, 0.717) is 23.1 Å². The summed E-state index contributed by atoms with van der Waals surface area (Å²) < 4.78 is 5.77. The van der Waals surface area contributed by atoms with Crippen LogP contribution >= 0.6 is 0 Å². The summed E-state index contributed by atoms with van der Waals surface area (Å²) in [5.74, 6) is 1.67. The number of carbonyl (C=O) groups excluding carboxylic acids is 1. The highest BCUT2D eigenvalue weighted by Crippen LogP contribution is 2.22. The Morgan fingerprint density at radius 3 is 2.41 bits per heavy atom. The second-order valence-corrected chi connectivity index (χ2v) is 6.75. The monoisotopic (exact) mass is 390 g/mol. The fraction of sp³-hybridized carbons (Fsp3) is 0.261. The fourth-order valence-corrected chi connectivity index (χ4v) is 2.77. The Balaban J connectivity index is 1.61. The van der Waals surface area contributed by atoms with Crippen LogP contribution in [0.15, 0.2) is 60.7 Å². The molecule has 0 bridgehead atoms. The molecule has 0 radical (unpaired) electrons. The maximum absolute atomic E-state index is 12.6. The van der Waals surface area contributed by atoms with Gasteiger partial charge in [0.25, 0.3) is 5.91 Å². The molecule has 0 aliphatic rings. The standard InChI is InChI=1S/C23H26N4O2/c1-3-4-8-15-24-23-25-17(2)16-21(27-23)22(28)26-18-11-13-20(14-12-18)29-19-9-6-5-7-10-19/h5-7,9-14,16H,3-4,8,15H2,1-2H3,(H,26,28)(H,24,25,27). The summed E-state index contributed by atoms with van der Waals surface area (Å²) in [5.41, 5.74) is 1.75. The SMILES string of the molecule is CCCCCNc1nc(C)cc(C(=O)Nc2ccc(Oc3ccccc3)cc2)n1. The number of nitrogens with one attached hydrogen (secondary N) is 2. The van der Waals surface area contributed by atoms with Crippen LogP contribution in [-0.4, -0.2) is 22.4 Å². The molecule has 0 aliphatic heterocycles. The molecule has 0 atom stereocenters. The number of benzene rings is 2. The first-order valence-electron chi connectivity index (χ1n) is 9.88. The Labute approximate surface area is 171 Å². The Bertz CT molecular complexity index is 927. The Morgan fingerprint density at radius 2 is 1.69 bits per heavy atom. The first kappa shape index (κ1) is 20.3. The number of nitrogens with zero attached hydrogens (tertiary/aromatic N) is 2. The number of aryl methyl sites for hydroxylation is 1. The molecule has 150 valence electrons. The molecule has 0 aliphatic carbocycles. The van der Waals surface area contributed by atoms with Crippen molar-refractivity contribution in [3.05, 3.63) is 72.1 Å². The van der Waals surface area contributed by atoms with E-state index in [4.69, 9.17) is 4.74 Å². The van der Waals surface area contributed by atoms with Crippen molar-refractivity contribution in [3.8, 4) is 11.5 Å².